The number of hydrogen-bond donors (Lipinski definition) is 5. The molecule has 1 aromatic carbocycles. The molecule has 0 amide bonds. The van der Waals surface area contributed by atoms with E-state index in [1.807, 2.05) is 6.92 Å². The van der Waals surface area contributed by atoms with Gasteiger partial charge < -0.3 is 35.0 Å². The van der Waals surface area contributed by atoms with Gasteiger partial charge in [-0.15, -0.1) is 0 Å². The highest BCUT2D eigenvalue weighted by molar-refractivity contribution is 5.87. The third-order valence-electron chi connectivity index (χ3n) is 4.65. The molecule has 2 rings (SSSR count). The minimum Gasteiger partial charge on any atom is -0.504 e. The van der Waals surface area contributed by atoms with Crippen molar-refractivity contribution in [1.29, 1.82) is 0 Å². The molecule has 9 heteroatoms. The molecular formula is C20H26O9. The number of aliphatic hydroxyl groups excluding tert-OH is 2. The minimum absolute atomic E-state index is 0.114. The maximum absolute atomic E-state index is 12.2. The van der Waals surface area contributed by atoms with Crippen LogP contribution in [0.25, 0.3) is 6.08 Å². The first-order chi connectivity index (χ1) is 13.7. The number of ether oxygens (including phenoxy) is 2. The van der Waals surface area contributed by atoms with E-state index in [2.05, 4.69) is 0 Å². The molecule has 0 saturated heterocycles. The number of carbonyl (C=O) groups is 2. The molecule has 0 unspecified atom stereocenters. The average Bonchev–Trinajstić information content (AvgIpc) is 2.67. The zero-order chi connectivity index (χ0) is 21.6. The molecule has 160 valence electrons. The van der Waals surface area contributed by atoms with Crippen molar-refractivity contribution in [2.24, 2.45) is 0 Å². The third-order valence-corrected chi connectivity index (χ3v) is 4.65. The van der Waals surface area contributed by atoms with Crippen LogP contribution >= 0.6 is 0 Å². The number of phenolic OH excluding ortho intramolecular Hbond substituents is 2. The number of esters is 2. The zero-order valence-corrected chi connectivity index (χ0v) is 16.0. The van der Waals surface area contributed by atoms with Crippen LogP contribution in [0.1, 0.15) is 38.2 Å². The first-order valence-electron chi connectivity index (χ1n) is 9.32. The van der Waals surface area contributed by atoms with Crippen molar-refractivity contribution in [3.8, 4) is 11.5 Å². The lowest BCUT2D eigenvalue weighted by atomic mass is 9.79. The molecule has 0 aromatic heterocycles. The molecule has 0 aliphatic heterocycles. The zero-order valence-electron chi connectivity index (χ0n) is 16.0. The maximum Gasteiger partial charge on any atom is 0.338 e. The summed E-state index contributed by atoms with van der Waals surface area (Å²) < 4.78 is 10.1. The van der Waals surface area contributed by atoms with Crippen molar-refractivity contribution < 1.29 is 44.6 Å². The van der Waals surface area contributed by atoms with Gasteiger partial charge in [-0.3, -0.25) is 0 Å². The normalized spacial score (nSPS) is 27.0. The second-order valence-electron chi connectivity index (χ2n) is 7.04. The van der Waals surface area contributed by atoms with E-state index >= 15 is 0 Å². The molecule has 0 radical (unpaired) electrons. The van der Waals surface area contributed by atoms with Gasteiger partial charge in [0.15, 0.2) is 17.1 Å². The average molecular weight is 410 g/mol. The topological polar surface area (TPSA) is 154 Å². The highest BCUT2D eigenvalue weighted by Gasteiger charge is 2.51. The number of carbonyl (C=O) groups excluding carboxylic acids is 2. The van der Waals surface area contributed by atoms with Crippen LogP contribution in [-0.4, -0.2) is 68.0 Å². The van der Waals surface area contributed by atoms with E-state index in [1.54, 1.807) is 0 Å². The van der Waals surface area contributed by atoms with Crippen LogP contribution in [0.5, 0.6) is 11.5 Å². The van der Waals surface area contributed by atoms with Crippen molar-refractivity contribution in [2.75, 3.05) is 6.61 Å². The first kappa shape index (κ1) is 22.7. The molecule has 0 spiro atoms. The Morgan fingerprint density at radius 3 is 2.59 bits per heavy atom. The van der Waals surface area contributed by atoms with Crippen LogP contribution in [0, 0.1) is 0 Å². The molecule has 29 heavy (non-hydrogen) atoms. The SMILES string of the molecule is CCCCOC(=O)[C@@]1(O)C[C@@H](O)[C@H](O)[C@H](OC(=O)/C=C\c2ccc(O)c(O)c2)C1. The van der Waals surface area contributed by atoms with Crippen molar-refractivity contribution in [3.63, 3.8) is 0 Å². The maximum atomic E-state index is 12.2. The molecule has 1 aliphatic carbocycles. The van der Waals surface area contributed by atoms with Crippen LogP contribution in [0.4, 0.5) is 0 Å². The summed E-state index contributed by atoms with van der Waals surface area (Å²) in [6.07, 6.45) is -1.42. The minimum atomic E-state index is -2.08. The van der Waals surface area contributed by atoms with Gasteiger partial charge in [0.1, 0.15) is 12.2 Å². The molecule has 1 aliphatic rings. The van der Waals surface area contributed by atoms with E-state index in [-0.39, 0.29) is 18.1 Å². The van der Waals surface area contributed by atoms with Gasteiger partial charge in [-0.05, 0) is 30.2 Å². The summed E-state index contributed by atoms with van der Waals surface area (Å²) in [4.78, 5) is 24.3. The number of hydrogen-bond acceptors (Lipinski definition) is 9. The number of aliphatic hydroxyl groups is 3. The number of rotatable bonds is 7. The Morgan fingerprint density at radius 1 is 1.21 bits per heavy atom. The molecule has 1 saturated carbocycles. The smallest absolute Gasteiger partial charge is 0.338 e. The van der Waals surface area contributed by atoms with Gasteiger partial charge in [0.25, 0.3) is 0 Å². The van der Waals surface area contributed by atoms with Crippen LogP contribution in [-0.2, 0) is 19.1 Å². The fourth-order valence-electron chi connectivity index (χ4n) is 2.97. The summed E-state index contributed by atoms with van der Waals surface area (Å²) in [6, 6.07) is 3.92. The van der Waals surface area contributed by atoms with Crippen LogP contribution < -0.4 is 0 Å². The molecule has 4 atom stereocenters. The van der Waals surface area contributed by atoms with Gasteiger partial charge in [0.05, 0.1) is 12.7 Å². The predicted octanol–water partition coefficient (Wildman–Crippen LogP) is 0.613. The van der Waals surface area contributed by atoms with Crippen molar-refractivity contribution >= 4 is 18.0 Å². The second kappa shape index (κ2) is 9.73. The van der Waals surface area contributed by atoms with Crippen molar-refractivity contribution in [1.82, 2.24) is 0 Å². The Bertz CT molecular complexity index is 760. The van der Waals surface area contributed by atoms with Crippen LogP contribution in [0.3, 0.4) is 0 Å². The Balaban J connectivity index is 2.03. The second-order valence-corrected chi connectivity index (χ2v) is 7.04. The lowest BCUT2D eigenvalue weighted by Gasteiger charge is -2.39. The summed E-state index contributed by atoms with van der Waals surface area (Å²) in [7, 11) is 0. The van der Waals surface area contributed by atoms with Crippen LogP contribution in [0.15, 0.2) is 24.3 Å². The summed E-state index contributed by atoms with van der Waals surface area (Å²) >= 11 is 0. The van der Waals surface area contributed by atoms with E-state index in [0.717, 1.165) is 12.5 Å². The van der Waals surface area contributed by atoms with Gasteiger partial charge in [0.2, 0.25) is 0 Å². The van der Waals surface area contributed by atoms with Gasteiger partial charge in [0, 0.05) is 18.9 Å². The Morgan fingerprint density at radius 2 is 1.93 bits per heavy atom. The predicted molar refractivity (Wildman–Crippen MR) is 101 cm³/mol. The number of benzene rings is 1. The molecule has 0 bridgehead atoms. The lowest BCUT2D eigenvalue weighted by Crippen LogP contribution is -2.57. The van der Waals surface area contributed by atoms with Crippen molar-refractivity contribution in [3.05, 3.63) is 29.8 Å². The van der Waals surface area contributed by atoms with E-state index in [9.17, 15) is 35.1 Å². The monoisotopic (exact) mass is 410 g/mol. The molecule has 9 nitrogen and oxygen atoms in total. The molecule has 1 aromatic rings. The summed E-state index contributed by atoms with van der Waals surface area (Å²) in [5.41, 5.74) is -1.68. The molecule has 0 heterocycles. The van der Waals surface area contributed by atoms with E-state index in [4.69, 9.17) is 9.47 Å². The Labute approximate surface area is 167 Å². The van der Waals surface area contributed by atoms with E-state index in [0.29, 0.717) is 12.0 Å². The largest absolute Gasteiger partial charge is 0.504 e. The quantitative estimate of drug-likeness (QED) is 0.188. The number of unbranched alkanes of at least 4 members (excludes halogenated alkanes) is 1. The Hall–Kier alpha value is -2.62. The number of phenols is 2. The highest BCUT2D eigenvalue weighted by Crippen LogP contribution is 2.32. The highest BCUT2D eigenvalue weighted by atomic mass is 16.6. The van der Waals surface area contributed by atoms with E-state index < -0.39 is 48.7 Å². The van der Waals surface area contributed by atoms with Crippen molar-refractivity contribution in [2.45, 2.75) is 56.5 Å². The van der Waals surface area contributed by atoms with Gasteiger partial charge in [-0.1, -0.05) is 19.4 Å². The fraction of sp³-hybridized carbons (Fsp3) is 0.500. The molecular weight excluding hydrogens is 384 g/mol. The fourth-order valence-corrected chi connectivity index (χ4v) is 2.97. The van der Waals surface area contributed by atoms with Crippen LogP contribution in [0.2, 0.25) is 0 Å². The summed E-state index contributed by atoms with van der Waals surface area (Å²) in [6.45, 7) is 2.02. The standard InChI is InChI=1S/C20H26O9/c1-2-3-8-28-19(26)20(27)10-15(23)18(25)16(11-20)29-17(24)7-5-12-4-6-13(21)14(22)9-12/h4-7,9,15-16,18,21-23,25,27H,2-3,8,10-11H2,1H3/b7-5-/t15-,16-,18+,20-/m1/s1. The summed E-state index contributed by atoms with van der Waals surface area (Å²) in [5, 5.41) is 49.4. The third kappa shape index (κ3) is 5.93. The lowest BCUT2D eigenvalue weighted by molar-refractivity contribution is -0.200. The summed E-state index contributed by atoms with van der Waals surface area (Å²) in [5.74, 6) is -2.50. The molecule has 5 N–H and O–H groups in total. The first-order valence-corrected chi connectivity index (χ1v) is 9.32. The van der Waals surface area contributed by atoms with Gasteiger partial charge in [-0.25, -0.2) is 9.59 Å². The number of aromatic hydroxyl groups is 2. The van der Waals surface area contributed by atoms with Gasteiger partial charge >= 0.3 is 11.9 Å². The van der Waals surface area contributed by atoms with Gasteiger partial charge in [-0.2, -0.15) is 0 Å². The Kier molecular flexibility index (Phi) is 7.60. The molecule has 1 fully saturated rings. The van der Waals surface area contributed by atoms with E-state index in [1.165, 1.54) is 24.3 Å².